The smallest absolute Gasteiger partial charge is 0.171 e. The lowest BCUT2D eigenvalue weighted by Crippen LogP contribution is -2.30. The van der Waals surface area contributed by atoms with Crippen molar-refractivity contribution in [3.63, 3.8) is 0 Å². The van der Waals surface area contributed by atoms with Gasteiger partial charge in [-0.3, -0.25) is 0 Å². The molecule has 3 nitrogen and oxygen atoms in total. The summed E-state index contributed by atoms with van der Waals surface area (Å²) >= 11 is 5.20. The van der Waals surface area contributed by atoms with Gasteiger partial charge in [0.05, 0.1) is 0 Å². The zero-order valence-corrected chi connectivity index (χ0v) is 12.0. The van der Waals surface area contributed by atoms with Crippen LogP contribution in [0.1, 0.15) is 11.1 Å². The molecule has 2 rings (SSSR count). The summed E-state index contributed by atoms with van der Waals surface area (Å²) in [4.78, 5) is 4.21. The second kappa shape index (κ2) is 6.96. The number of hydrogen-bond acceptors (Lipinski definition) is 2. The number of nitrogens with one attached hydrogen (secondary N) is 2. The lowest BCUT2D eigenvalue weighted by atomic mass is 10.1. The van der Waals surface area contributed by atoms with Gasteiger partial charge in [-0.05, 0) is 54.9 Å². The van der Waals surface area contributed by atoms with E-state index in [1.807, 2.05) is 25.1 Å². The molecule has 1 aromatic heterocycles. The summed E-state index contributed by atoms with van der Waals surface area (Å²) in [6, 6.07) is 10.4. The predicted octanol–water partition coefficient (Wildman–Crippen LogP) is 3.06. The molecule has 0 saturated carbocycles. The van der Waals surface area contributed by atoms with E-state index in [0.717, 1.165) is 16.9 Å². The van der Waals surface area contributed by atoms with E-state index >= 15 is 0 Å². The zero-order valence-electron chi connectivity index (χ0n) is 11.2. The highest BCUT2D eigenvalue weighted by molar-refractivity contribution is 7.80. The predicted molar refractivity (Wildman–Crippen MR) is 83.3 cm³/mol. The van der Waals surface area contributed by atoms with E-state index in [1.165, 1.54) is 12.1 Å². The first kappa shape index (κ1) is 14.4. The van der Waals surface area contributed by atoms with Gasteiger partial charge in [-0.2, -0.15) is 0 Å². The standard InChI is InChI=1S/C15H16FN3S/c1-11-4-3-8-17-14(11)19-15(20)18-9-7-12-5-2-6-13(16)10-12/h2-6,8,10H,7,9H2,1H3,(H2,17,18,19,20). The number of pyridine rings is 1. The van der Waals surface area contributed by atoms with Crippen LogP contribution in [0.5, 0.6) is 0 Å². The molecule has 0 aliphatic heterocycles. The Bertz CT molecular complexity index is 601. The Balaban J connectivity index is 1.80. The third kappa shape index (κ3) is 4.28. The highest BCUT2D eigenvalue weighted by atomic mass is 32.1. The molecule has 0 atom stereocenters. The van der Waals surface area contributed by atoms with Crippen molar-refractivity contribution in [2.45, 2.75) is 13.3 Å². The molecule has 1 aromatic carbocycles. The van der Waals surface area contributed by atoms with Crippen LogP contribution < -0.4 is 10.6 Å². The molecule has 0 bridgehead atoms. The number of rotatable bonds is 4. The van der Waals surface area contributed by atoms with Gasteiger partial charge in [-0.15, -0.1) is 0 Å². The largest absolute Gasteiger partial charge is 0.362 e. The van der Waals surface area contributed by atoms with Gasteiger partial charge in [0, 0.05) is 12.7 Å². The van der Waals surface area contributed by atoms with Gasteiger partial charge in [-0.25, -0.2) is 9.37 Å². The summed E-state index contributed by atoms with van der Waals surface area (Å²) in [6.07, 6.45) is 2.42. The summed E-state index contributed by atoms with van der Waals surface area (Å²) in [5, 5.41) is 6.64. The quantitative estimate of drug-likeness (QED) is 0.848. The normalized spacial score (nSPS) is 10.1. The number of anilines is 1. The van der Waals surface area contributed by atoms with E-state index in [2.05, 4.69) is 15.6 Å². The maximum Gasteiger partial charge on any atom is 0.171 e. The Morgan fingerprint density at radius 2 is 2.15 bits per heavy atom. The molecule has 0 radical (unpaired) electrons. The Kier molecular flexibility index (Phi) is 5.01. The van der Waals surface area contributed by atoms with Crippen molar-refractivity contribution in [1.82, 2.24) is 10.3 Å². The molecule has 2 aromatic rings. The average Bonchev–Trinajstić information content (AvgIpc) is 2.41. The van der Waals surface area contributed by atoms with Crippen molar-refractivity contribution in [2.75, 3.05) is 11.9 Å². The molecule has 1 heterocycles. The molecule has 2 N–H and O–H groups in total. The van der Waals surface area contributed by atoms with Crippen LogP contribution in [0.15, 0.2) is 42.6 Å². The summed E-state index contributed by atoms with van der Waals surface area (Å²) in [6.45, 7) is 2.60. The summed E-state index contributed by atoms with van der Waals surface area (Å²) in [5.41, 5.74) is 1.97. The van der Waals surface area contributed by atoms with Crippen LogP contribution in [0.4, 0.5) is 10.2 Å². The first-order valence-electron chi connectivity index (χ1n) is 6.36. The highest BCUT2D eigenvalue weighted by Crippen LogP contribution is 2.08. The lowest BCUT2D eigenvalue weighted by Gasteiger charge is -2.11. The number of aromatic nitrogens is 1. The summed E-state index contributed by atoms with van der Waals surface area (Å²) < 4.78 is 13.0. The van der Waals surface area contributed by atoms with E-state index in [1.54, 1.807) is 12.3 Å². The van der Waals surface area contributed by atoms with Gasteiger partial charge >= 0.3 is 0 Å². The first-order chi connectivity index (χ1) is 9.65. The van der Waals surface area contributed by atoms with Crippen LogP contribution in [0.3, 0.4) is 0 Å². The maximum atomic E-state index is 13.0. The minimum Gasteiger partial charge on any atom is -0.362 e. The molecule has 0 saturated heterocycles. The molecule has 0 aliphatic carbocycles. The minimum absolute atomic E-state index is 0.215. The van der Waals surface area contributed by atoms with Crippen molar-refractivity contribution in [1.29, 1.82) is 0 Å². The van der Waals surface area contributed by atoms with E-state index in [4.69, 9.17) is 12.2 Å². The molecule has 0 unspecified atom stereocenters. The van der Waals surface area contributed by atoms with Crippen LogP contribution >= 0.6 is 12.2 Å². The van der Waals surface area contributed by atoms with Crippen LogP contribution in [0.25, 0.3) is 0 Å². The minimum atomic E-state index is -0.215. The monoisotopic (exact) mass is 289 g/mol. The van der Waals surface area contributed by atoms with Gasteiger partial charge in [0.25, 0.3) is 0 Å². The Morgan fingerprint density at radius 3 is 2.90 bits per heavy atom. The average molecular weight is 289 g/mol. The van der Waals surface area contributed by atoms with Crippen LogP contribution in [-0.2, 0) is 6.42 Å². The highest BCUT2D eigenvalue weighted by Gasteiger charge is 2.01. The molecule has 104 valence electrons. The lowest BCUT2D eigenvalue weighted by molar-refractivity contribution is 0.625. The SMILES string of the molecule is Cc1cccnc1NC(=S)NCCc1cccc(F)c1. The third-order valence-electron chi connectivity index (χ3n) is 2.83. The van der Waals surface area contributed by atoms with Gasteiger partial charge in [0.15, 0.2) is 5.11 Å². The van der Waals surface area contributed by atoms with E-state index in [0.29, 0.717) is 18.1 Å². The van der Waals surface area contributed by atoms with Gasteiger partial charge < -0.3 is 10.6 Å². The summed E-state index contributed by atoms with van der Waals surface area (Å²) in [7, 11) is 0. The third-order valence-corrected chi connectivity index (χ3v) is 3.08. The van der Waals surface area contributed by atoms with Crippen molar-refractivity contribution >= 4 is 23.1 Å². The van der Waals surface area contributed by atoms with E-state index in [-0.39, 0.29) is 5.82 Å². The van der Waals surface area contributed by atoms with Crippen LogP contribution in [0, 0.1) is 12.7 Å². The van der Waals surface area contributed by atoms with Crippen molar-refractivity contribution in [2.24, 2.45) is 0 Å². The molecule has 0 spiro atoms. The molecule has 0 fully saturated rings. The number of halogens is 1. The molecular weight excluding hydrogens is 273 g/mol. The fourth-order valence-corrected chi connectivity index (χ4v) is 1.98. The van der Waals surface area contributed by atoms with Crippen LogP contribution in [0.2, 0.25) is 0 Å². The van der Waals surface area contributed by atoms with E-state index < -0.39 is 0 Å². The number of aryl methyl sites for hydroxylation is 1. The van der Waals surface area contributed by atoms with Gasteiger partial charge in [0.1, 0.15) is 11.6 Å². The second-order valence-electron chi connectivity index (χ2n) is 4.43. The van der Waals surface area contributed by atoms with Gasteiger partial charge in [-0.1, -0.05) is 18.2 Å². The second-order valence-corrected chi connectivity index (χ2v) is 4.84. The Labute approximate surface area is 123 Å². The summed E-state index contributed by atoms with van der Waals surface area (Å²) in [5.74, 6) is 0.531. The molecular formula is C15H16FN3S. The maximum absolute atomic E-state index is 13.0. The number of nitrogens with zero attached hydrogens (tertiary/aromatic N) is 1. The first-order valence-corrected chi connectivity index (χ1v) is 6.77. The van der Waals surface area contributed by atoms with Crippen LogP contribution in [-0.4, -0.2) is 16.6 Å². The molecule has 5 heteroatoms. The van der Waals surface area contributed by atoms with E-state index in [9.17, 15) is 4.39 Å². The van der Waals surface area contributed by atoms with Crippen molar-refractivity contribution in [3.05, 3.63) is 59.5 Å². The number of benzene rings is 1. The molecule has 0 amide bonds. The Morgan fingerprint density at radius 1 is 1.30 bits per heavy atom. The fraction of sp³-hybridized carbons (Fsp3) is 0.200. The van der Waals surface area contributed by atoms with Gasteiger partial charge in [0.2, 0.25) is 0 Å². The molecule has 20 heavy (non-hydrogen) atoms. The Hall–Kier alpha value is -2.01. The number of thiocarbonyl (C=S) groups is 1. The van der Waals surface area contributed by atoms with Crippen molar-refractivity contribution < 1.29 is 4.39 Å². The fourth-order valence-electron chi connectivity index (χ4n) is 1.78. The van der Waals surface area contributed by atoms with Crippen molar-refractivity contribution in [3.8, 4) is 0 Å². The topological polar surface area (TPSA) is 37.0 Å². The zero-order chi connectivity index (χ0) is 14.4. The molecule has 0 aliphatic rings. The number of hydrogen-bond donors (Lipinski definition) is 2.